The number of rotatable bonds is 4. The number of hydrogen-bond acceptors (Lipinski definition) is 3. The molecule has 3 heteroatoms. The second kappa shape index (κ2) is 5.65. The van der Waals surface area contributed by atoms with Crippen molar-refractivity contribution >= 4 is 0 Å². The molecule has 16 heavy (non-hydrogen) atoms. The summed E-state index contributed by atoms with van der Waals surface area (Å²) >= 11 is 0. The van der Waals surface area contributed by atoms with Crippen molar-refractivity contribution in [2.75, 3.05) is 13.1 Å². The Morgan fingerprint density at radius 1 is 1.44 bits per heavy atom. The SMILES string of the molecule is CCC(CC#N)N1CCCC1C1CCCN1. The molecule has 0 radical (unpaired) electrons. The summed E-state index contributed by atoms with van der Waals surface area (Å²) in [5.74, 6) is 0. The minimum Gasteiger partial charge on any atom is -0.312 e. The van der Waals surface area contributed by atoms with Crippen molar-refractivity contribution in [3.05, 3.63) is 0 Å². The fraction of sp³-hybridized carbons (Fsp3) is 0.923. The highest BCUT2D eigenvalue weighted by molar-refractivity contribution is 4.96. The van der Waals surface area contributed by atoms with Crippen LogP contribution in [0.15, 0.2) is 0 Å². The second-order valence-electron chi connectivity index (χ2n) is 5.07. The van der Waals surface area contributed by atoms with E-state index in [1.165, 1.54) is 38.8 Å². The van der Waals surface area contributed by atoms with Gasteiger partial charge in [0.25, 0.3) is 0 Å². The summed E-state index contributed by atoms with van der Waals surface area (Å²) in [6.07, 6.45) is 7.08. The lowest BCUT2D eigenvalue weighted by atomic mass is 10.0. The van der Waals surface area contributed by atoms with Crippen molar-refractivity contribution in [1.82, 2.24) is 10.2 Å². The summed E-state index contributed by atoms with van der Waals surface area (Å²) in [5, 5.41) is 12.5. The van der Waals surface area contributed by atoms with Gasteiger partial charge in [-0.2, -0.15) is 5.26 Å². The first-order chi connectivity index (χ1) is 7.86. The summed E-state index contributed by atoms with van der Waals surface area (Å²) < 4.78 is 0. The molecule has 2 rings (SSSR count). The molecule has 3 unspecified atom stereocenters. The van der Waals surface area contributed by atoms with Gasteiger partial charge < -0.3 is 5.32 Å². The zero-order chi connectivity index (χ0) is 11.4. The van der Waals surface area contributed by atoms with E-state index in [0.717, 1.165) is 6.42 Å². The van der Waals surface area contributed by atoms with Gasteiger partial charge in [0.15, 0.2) is 0 Å². The average Bonchev–Trinajstić information content (AvgIpc) is 2.94. The van der Waals surface area contributed by atoms with Crippen molar-refractivity contribution in [1.29, 1.82) is 5.26 Å². The zero-order valence-electron chi connectivity index (χ0n) is 10.3. The van der Waals surface area contributed by atoms with Gasteiger partial charge in [-0.25, -0.2) is 0 Å². The third-order valence-electron chi connectivity index (χ3n) is 4.17. The smallest absolute Gasteiger partial charge is 0.0638 e. The minimum atomic E-state index is 0.486. The van der Waals surface area contributed by atoms with Crippen LogP contribution in [0.3, 0.4) is 0 Å². The number of nitrogens with zero attached hydrogens (tertiary/aromatic N) is 2. The van der Waals surface area contributed by atoms with Gasteiger partial charge in [-0.15, -0.1) is 0 Å². The quantitative estimate of drug-likeness (QED) is 0.788. The molecule has 0 bridgehead atoms. The van der Waals surface area contributed by atoms with E-state index in [1.807, 2.05) is 0 Å². The van der Waals surface area contributed by atoms with Crippen LogP contribution < -0.4 is 5.32 Å². The summed E-state index contributed by atoms with van der Waals surface area (Å²) in [4.78, 5) is 2.60. The summed E-state index contributed by atoms with van der Waals surface area (Å²) in [5.41, 5.74) is 0. The molecular weight excluding hydrogens is 198 g/mol. The molecule has 0 aliphatic carbocycles. The van der Waals surface area contributed by atoms with E-state index < -0.39 is 0 Å². The van der Waals surface area contributed by atoms with Crippen LogP contribution in [0.4, 0.5) is 0 Å². The average molecular weight is 221 g/mol. The van der Waals surface area contributed by atoms with E-state index in [1.54, 1.807) is 0 Å². The maximum atomic E-state index is 8.89. The topological polar surface area (TPSA) is 39.1 Å². The van der Waals surface area contributed by atoms with E-state index in [0.29, 0.717) is 24.5 Å². The van der Waals surface area contributed by atoms with E-state index >= 15 is 0 Å². The molecule has 1 N–H and O–H groups in total. The Morgan fingerprint density at radius 3 is 2.94 bits per heavy atom. The molecule has 2 aliphatic rings. The third kappa shape index (κ3) is 2.39. The minimum absolute atomic E-state index is 0.486. The highest BCUT2D eigenvalue weighted by atomic mass is 15.2. The lowest BCUT2D eigenvalue weighted by Gasteiger charge is -2.34. The Morgan fingerprint density at radius 2 is 2.31 bits per heavy atom. The highest BCUT2D eigenvalue weighted by Gasteiger charge is 2.35. The van der Waals surface area contributed by atoms with Crippen molar-refractivity contribution in [3.63, 3.8) is 0 Å². The first-order valence-electron chi connectivity index (χ1n) is 6.73. The highest BCUT2D eigenvalue weighted by Crippen LogP contribution is 2.28. The number of nitriles is 1. The normalized spacial score (nSPS) is 32.8. The van der Waals surface area contributed by atoms with Crippen molar-refractivity contribution in [2.45, 2.75) is 63.6 Å². The maximum absolute atomic E-state index is 8.89. The molecule has 0 saturated carbocycles. The number of likely N-dealkylation sites (tertiary alicyclic amines) is 1. The molecule has 2 heterocycles. The molecule has 3 atom stereocenters. The fourth-order valence-electron chi connectivity index (χ4n) is 3.34. The van der Waals surface area contributed by atoms with Crippen LogP contribution in [-0.2, 0) is 0 Å². The first kappa shape index (κ1) is 11.9. The monoisotopic (exact) mass is 221 g/mol. The van der Waals surface area contributed by atoms with Gasteiger partial charge in [0.1, 0.15) is 0 Å². The van der Waals surface area contributed by atoms with Crippen molar-refractivity contribution in [3.8, 4) is 6.07 Å². The predicted octanol–water partition coefficient (Wildman–Crippen LogP) is 1.90. The lowest BCUT2D eigenvalue weighted by Crippen LogP contribution is -2.48. The van der Waals surface area contributed by atoms with E-state index in [-0.39, 0.29) is 0 Å². The second-order valence-corrected chi connectivity index (χ2v) is 5.07. The third-order valence-corrected chi connectivity index (χ3v) is 4.17. The van der Waals surface area contributed by atoms with Gasteiger partial charge in [-0.1, -0.05) is 6.92 Å². The van der Waals surface area contributed by atoms with Gasteiger partial charge in [-0.05, 0) is 45.2 Å². The largest absolute Gasteiger partial charge is 0.312 e. The summed E-state index contributed by atoms with van der Waals surface area (Å²) in [6, 6.07) is 4.22. The molecule has 0 aromatic carbocycles. The lowest BCUT2D eigenvalue weighted by molar-refractivity contribution is 0.150. The standard InChI is InChI=1S/C13H23N3/c1-2-11(7-8-14)16-10-4-6-13(16)12-5-3-9-15-12/h11-13,15H,2-7,9-10H2,1H3. The van der Waals surface area contributed by atoms with Gasteiger partial charge in [0.2, 0.25) is 0 Å². The molecule has 2 saturated heterocycles. The number of nitrogens with one attached hydrogen (secondary N) is 1. The molecule has 90 valence electrons. The first-order valence-corrected chi connectivity index (χ1v) is 6.73. The summed E-state index contributed by atoms with van der Waals surface area (Å²) in [7, 11) is 0. The van der Waals surface area contributed by atoms with Crippen LogP contribution in [0, 0.1) is 11.3 Å². The Balaban J connectivity index is 1.98. The van der Waals surface area contributed by atoms with Crippen molar-refractivity contribution < 1.29 is 0 Å². The Labute approximate surface area is 98.8 Å². The van der Waals surface area contributed by atoms with Gasteiger partial charge in [0, 0.05) is 18.1 Å². The van der Waals surface area contributed by atoms with Crippen LogP contribution in [0.5, 0.6) is 0 Å². The molecule has 3 nitrogen and oxygen atoms in total. The van der Waals surface area contributed by atoms with Crippen LogP contribution in [0.25, 0.3) is 0 Å². The molecule has 0 aromatic heterocycles. The molecule has 2 aliphatic heterocycles. The van der Waals surface area contributed by atoms with E-state index in [2.05, 4.69) is 23.2 Å². The van der Waals surface area contributed by atoms with Gasteiger partial charge in [0.05, 0.1) is 12.5 Å². The molecular formula is C13H23N3. The fourth-order valence-corrected chi connectivity index (χ4v) is 3.34. The molecule has 0 spiro atoms. The Hall–Kier alpha value is -0.590. The zero-order valence-corrected chi connectivity index (χ0v) is 10.3. The summed E-state index contributed by atoms with van der Waals surface area (Å²) in [6.45, 7) is 4.59. The molecule has 0 amide bonds. The number of hydrogen-bond donors (Lipinski definition) is 1. The molecule has 0 aromatic rings. The van der Waals surface area contributed by atoms with Crippen LogP contribution >= 0.6 is 0 Å². The van der Waals surface area contributed by atoms with Crippen LogP contribution in [-0.4, -0.2) is 36.1 Å². The maximum Gasteiger partial charge on any atom is 0.0638 e. The van der Waals surface area contributed by atoms with E-state index in [4.69, 9.17) is 5.26 Å². The van der Waals surface area contributed by atoms with Crippen LogP contribution in [0.2, 0.25) is 0 Å². The van der Waals surface area contributed by atoms with Gasteiger partial charge in [-0.3, -0.25) is 4.90 Å². The van der Waals surface area contributed by atoms with E-state index in [9.17, 15) is 0 Å². The predicted molar refractivity (Wildman–Crippen MR) is 65.1 cm³/mol. The van der Waals surface area contributed by atoms with Gasteiger partial charge >= 0.3 is 0 Å². The Kier molecular flexibility index (Phi) is 4.20. The molecule has 2 fully saturated rings. The Bertz CT molecular complexity index is 252. The van der Waals surface area contributed by atoms with Crippen LogP contribution in [0.1, 0.15) is 45.4 Å². The van der Waals surface area contributed by atoms with Crippen molar-refractivity contribution in [2.24, 2.45) is 0 Å².